The fraction of sp³-hybridized carbons (Fsp3) is 0.795. The van der Waals surface area contributed by atoms with Crippen LogP contribution in [-0.4, -0.2) is 99.6 Å². The number of carbonyl (C=O) groups excluding carboxylic acids is 2. The molecule has 0 aromatic carbocycles. The highest BCUT2D eigenvalue weighted by Crippen LogP contribution is 2.26. The van der Waals surface area contributed by atoms with E-state index in [-0.39, 0.29) is 19.4 Å². The summed E-state index contributed by atoms with van der Waals surface area (Å²) in [6, 6.07) is -1.03. The van der Waals surface area contributed by atoms with Gasteiger partial charge in [0.1, 0.15) is 24.4 Å². The summed E-state index contributed by atoms with van der Waals surface area (Å²) in [5.41, 5.74) is 0. The van der Waals surface area contributed by atoms with Crippen molar-refractivity contribution in [1.82, 2.24) is 5.32 Å². The average Bonchev–Trinajstić information content (AvgIpc) is 2.36. The molecule has 1 fully saturated rings. The molecule has 6 N–H and O–H groups in total. The number of aliphatic hydroxyl groups excluding tert-OH is 5. The number of allylic oxidation sites excluding steroid dienone is 13. The van der Waals surface area contributed by atoms with E-state index >= 15 is 0 Å². The van der Waals surface area contributed by atoms with E-state index in [9.17, 15) is 35.1 Å². The van der Waals surface area contributed by atoms with E-state index in [2.05, 4.69) is 99.0 Å². The minimum atomic E-state index is -1.62. The minimum Gasteiger partial charge on any atom is -0.454 e. The Bertz CT molecular complexity index is 1780. The Morgan fingerprint density at radius 3 is 1.18 bits per heavy atom. The van der Waals surface area contributed by atoms with Gasteiger partial charge in [-0.2, -0.15) is 0 Å². The Morgan fingerprint density at radius 2 is 0.775 bits per heavy atom. The maximum absolute atomic E-state index is 13.5. The molecule has 0 spiro atoms. The van der Waals surface area contributed by atoms with Gasteiger partial charge < -0.3 is 45.1 Å². The second kappa shape index (κ2) is 64.9. The lowest BCUT2D eigenvalue weighted by Crippen LogP contribution is -2.61. The largest absolute Gasteiger partial charge is 0.454 e. The van der Waals surface area contributed by atoms with Gasteiger partial charge in [0.25, 0.3) is 0 Å². The highest BCUT2D eigenvalue weighted by Gasteiger charge is 2.47. The maximum Gasteiger partial charge on any atom is 0.306 e. The van der Waals surface area contributed by atoms with Crippen LogP contribution in [0.15, 0.2) is 85.1 Å². The minimum absolute atomic E-state index is 0.121. The number of carbonyl (C=O) groups is 2. The van der Waals surface area contributed by atoms with Crippen LogP contribution in [0.4, 0.5) is 0 Å². The van der Waals surface area contributed by atoms with Gasteiger partial charge >= 0.3 is 5.97 Å². The average molecular weight is 1250 g/mol. The lowest BCUT2D eigenvalue weighted by Gasteiger charge is -2.41. The third-order valence-corrected chi connectivity index (χ3v) is 17.3. The SMILES string of the molecule is CCCCC/C=C\C/C=C\C/C=C\C/C=C\CCCCCCCCC(O)C(=O)NC(COC1OC(CO)C(O)C(O)C1OC(=O)CCCCCCCCCCCCCCCCCCC/C=C\C/C=C\CCCCC)C(O)/C=C/CCCCCCCCCCC. The van der Waals surface area contributed by atoms with E-state index < -0.39 is 67.4 Å². The third-order valence-electron chi connectivity index (χ3n) is 17.3. The van der Waals surface area contributed by atoms with Crippen molar-refractivity contribution in [3.05, 3.63) is 85.1 Å². The molecule has 1 rings (SSSR count). The number of unbranched alkanes of at least 4 members (excludes halogenated alkanes) is 38. The van der Waals surface area contributed by atoms with Gasteiger partial charge in [0, 0.05) is 6.42 Å². The smallest absolute Gasteiger partial charge is 0.306 e. The van der Waals surface area contributed by atoms with Gasteiger partial charge in [0.05, 0.1) is 25.4 Å². The van der Waals surface area contributed by atoms with E-state index in [1.165, 1.54) is 186 Å². The number of nitrogens with one attached hydrogen (secondary N) is 1. The van der Waals surface area contributed by atoms with Crippen molar-refractivity contribution in [2.45, 2.75) is 384 Å². The molecule has 0 aromatic rings. The van der Waals surface area contributed by atoms with Crippen LogP contribution in [0.5, 0.6) is 0 Å². The van der Waals surface area contributed by atoms with Gasteiger partial charge in [-0.25, -0.2) is 0 Å². The van der Waals surface area contributed by atoms with Crippen LogP contribution in [-0.2, 0) is 23.8 Å². The molecule has 0 saturated carbocycles. The number of esters is 1. The van der Waals surface area contributed by atoms with Crippen LogP contribution >= 0.6 is 0 Å². The number of hydrogen-bond donors (Lipinski definition) is 6. The first kappa shape index (κ1) is 83.9. The standard InChI is InChI=1S/C78H139NO10/c1-4-7-10-13-16-19-22-24-26-28-30-32-34-35-36-37-38-40-42-44-46-48-51-54-57-60-63-66-73(83)89-76-75(85)74(84)72(67-80)88-78(76)87-68-69(70(81)64-61-58-55-52-49-21-18-15-12-9-6-3)79-77(86)71(82)65-62-59-56-53-50-47-45-43-41-39-33-31-29-27-25-23-20-17-14-11-8-5-2/h16-17,19-20,24-27,31,33,41,43,61,64,69-72,74-76,78,80-82,84-85H,4-15,18,21-23,28-30,32,34-40,42,44-60,62-63,65-68H2,1-3H3,(H,79,86)/b19-16-,20-17-,26-24-,27-25-,33-31-,43-41-,64-61+. The van der Waals surface area contributed by atoms with Crippen LogP contribution in [0.3, 0.4) is 0 Å². The summed E-state index contributed by atoms with van der Waals surface area (Å²) in [6.45, 7) is 5.76. The molecule has 89 heavy (non-hydrogen) atoms. The second-order valence-corrected chi connectivity index (χ2v) is 25.7. The van der Waals surface area contributed by atoms with E-state index in [1.807, 2.05) is 6.08 Å². The molecule has 0 radical (unpaired) electrons. The molecule has 1 aliphatic heterocycles. The maximum atomic E-state index is 13.5. The van der Waals surface area contributed by atoms with Gasteiger partial charge in [-0.15, -0.1) is 0 Å². The molecule has 0 aromatic heterocycles. The molecule has 0 bridgehead atoms. The molecule has 8 unspecified atom stereocenters. The van der Waals surface area contributed by atoms with E-state index in [1.54, 1.807) is 6.08 Å². The first-order chi connectivity index (χ1) is 43.7. The Kier molecular flexibility index (Phi) is 61.2. The molecule has 8 atom stereocenters. The third kappa shape index (κ3) is 52.0. The molecule has 1 aliphatic rings. The van der Waals surface area contributed by atoms with Crippen LogP contribution in [0.2, 0.25) is 0 Å². The Hall–Kier alpha value is -3.16. The van der Waals surface area contributed by atoms with Crippen molar-refractivity contribution in [3.8, 4) is 0 Å². The summed E-state index contributed by atoms with van der Waals surface area (Å²) in [4.78, 5) is 26.7. The van der Waals surface area contributed by atoms with Crippen LogP contribution in [0, 0.1) is 0 Å². The molecule has 1 heterocycles. The predicted molar refractivity (Wildman–Crippen MR) is 375 cm³/mol. The molecule has 11 nitrogen and oxygen atoms in total. The lowest BCUT2D eigenvalue weighted by atomic mass is 9.99. The normalized spacial score (nSPS) is 18.6. The Morgan fingerprint density at radius 1 is 0.438 bits per heavy atom. The highest BCUT2D eigenvalue weighted by molar-refractivity contribution is 5.80. The van der Waals surface area contributed by atoms with Gasteiger partial charge in [0.15, 0.2) is 12.4 Å². The summed E-state index contributed by atoms with van der Waals surface area (Å²) in [5.74, 6) is -1.20. The van der Waals surface area contributed by atoms with E-state index in [0.717, 1.165) is 103 Å². The number of hydrogen-bond acceptors (Lipinski definition) is 10. The predicted octanol–water partition coefficient (Wildman–Crippen LogP) is 19.6. The zero-order valence-electron chi connectivity index (χ0n) is 57.5. The zero-order chi connectivity index (χ0) is 64.6. The fourth-order valence-corrected chi connectivity index (χ4v) is 11.4. The van der Waals surface area contributed by atoms with E-state index in [4.69, 9.17) is 14.2 Å². The van der Waals surface area contributed by atoms with Crippen molar-refractivity contribution in [2.24, 2.45) is 0 Å². The van der Waals surface area contributed by atoms with Crippen molar-refractivity contribution in [1.29, 1.82) is 0 Å². The summed E-state index contributed by atoms with van der Waals surface area (Å²) >= 11 is 0. The van der Waals surface area contributed by atoms with Gasteiger partial charge in [-0.3, -0.25) is 9.59 Å². The Balaban J connectivity index is 2.52. The van der Waals surface area contributed by atoms with Crippen molar-refractivity contribution in [2.75, 3.05) is 13.2 Å². The second-order valence-electron chi connectivity index (χ2n) is 25.7. The fourth-order valence-electron chi connectivity index (χ4n) is 11.4. The number of aliphatic hydroxyl groups is 5. The monoisotopic (exact) mass is 1250 g/mol. The molecule has 516 valence electrons. The molecular formula is C78H139NO10. The first-order valence-electron chi connectivity index (χ1n) is 37.4. The molecule has 0 aliphatic carbocycles. The summed E-state index contributed by atoms with van der Waals surface area (Å²) < 4.78 is 17.7. The quantitative estimate of drug-likeness (QED) is 0.0195. The zero-order valence-corrected chi connectivity index (χ0v) is 57.5. The van der Waals surface area contributed by atoms with Gasteiger partial charge in [0.2, 0.25) is 5.91 Å². The Labute approximate surface area is 546 Å². The first-order valence-corrected chi connectivity index (χ1v) is 37.4. The number of amides is 1. The van der Waals surface area contributed by atoms with Crippen LogP contribution in [0.1, 0.15) is 335 Å². The lowest BCUT2D eigenvalue weighted by molar-refractivity contribution is -0.305. The van der Waals surface area contributed by atoms with Crippen LogP contribution < -0.4 is 5.32 Å². The molecule has 1 saturated heterocycles. The van der Waals surface area contributed by atoms with Crippen LogP contribution in [0.25, 0.3) is 0 Å². The van der Waals surface area contributed by atoms with E-state index in [0.29, 0.717) is 12.8 Å². The van der Waals surface area contributed by atoms with Crippen molar-refractivity contribution >= 4 is 11.9 Å². The summed E-state index contributed by atoms with van der Waals surface area (Å²) in [5, 5.41) is 57.3. The highest BCUT2D eigenvalue weighted by atomic mass is 16.7. The molecule has 1 amide bonds. The summed E-state index contributed by atoms with van der Waals surface area (Å²) in [7, 11) is 0. The molecule has 11 heteroatoms. The molecular weight excluding hydrogens is 1110 g/mol. The summed E-state index contributed by atoms with van der Waals surface area (Å²) in [6.07, 6.45) is 76.3. The van der Waals surface area contributed by atoms with Gasteiger partial charge in [-0.1, -0.05) is 311 Å². The number of rotatable bonds is 64. The van der Waals surface area contributed by atoms with Crippen molar-refractivity contribution < 1.29 is 49.3 Å². The van der Waals surface area contributed by atoms with Gasteiger partial charge in [-0.05, 0) is 103 Å². The van der Waals surface area contributed by atoms with Crippen molar-refractivity contribution in [3.63, 3.8) is 0 Å². The topological polar surface area (TPSA) is 175 Å². The number of ether oxygens (including phenoxy) is 3.